The molecule has 144 valence electrons. The third-order valence-electron chi connectivity index (χ3n) is 3.45. The van der Waals surface area contributed by atoms with Gasteiger partial charge in [0.2, 0.25) is 0 Å². The first kappa shape index (κ1) is 21.7. The van der Waals surface area contributed by atoms with Gasteiger partial charge >= 0.3 is 0 Å². The number of likely N-dealkylation sites (N-methyl/N-ethyl adjacent to an activating group) is 1. The van der Waals surface area contributed by atoms with Crippen molar-refractivity contribution in [3.63, 3.8) is 0 Å². The predicted molar refractivity (Wildman–Crippen MR) is 108 cm³/mol. The van der Waals surface area contributed by atoms with E-state index in [1.807, 2.05) is 39.8 Å². The first-order valence-corrected chi connectivity index (χ1v) is 9.20. The molecule has 8 heteroatoms. The van der Waals surface area contributed by atoms with Crippen LogP contribution in [0.15, 0.2) is 23.3 Å². The van der Waals surface area contributed by atoms with Gasteiger partial charge < -0.3 is 19.7 Å². The van der Waals surface area contributed by atoms with Crippen molar-refractivity contribution >= 4 is 29.5 Å². The van der Waals surface area contributed by atoms with Gasteiger partial charge in [0.1, 0.15) is 0 Å². The minimum Gasteiger partial charge on any atom is -0.490 e. The molecule has 0 atom stereocenters. The maximum absolute atomic E-state index is 12.1. The number of rotatable bonds is 10. The molecule has 0 saturated heterocycles. The fraction of sp³-hybridized carbons (Fsp3) is 0.500. The van der Waals surface area contributed by atoms with E-state index in [0.29, 0.717) is 36.3 Å². The van der Waals surface area contributed by atoms with Gasteiger partial charge in [0.05, 0.1) is 12.8 Å². The highest BCUT2D eigenvalue weighted by molar-refractivity contribution is 7.80. The van der Waals surface area contributed by atoms with Crippen LogP contribution in [-0.4, -0.2) is 55.0 Å². The van der Waals surface area contributed by atoms with Gasteiger partial charge in [0.15, 0.2) is 23.2 Å². The van der Waals surface area contributed by atoms with E-state index in [4.69, 9.17) is 21.7 Å². The Morgan fingerprint density at radius 3 is 2.54 bits per heavy atom. The van der Waals surface area contributed by atoms with E-state index in [1.54, 1.807) is 17.2 Å². The highest BCUT2D eigenvalue weighted by atomic mass is 32.1. The largest absolute Gasteiger partial charge is 0.490 e. The molecule has 7 nitrogen and oxygen atoms in total. The number of hydrogen-bond acceptors (Lipinski definition) is 5. The van der Waals surface area contributed by atoms with Crippen molar-refractivity contribution in [2.24, 2.45) is 5.10 Å². The van der Waals surface area contributed by atoms with E-state index < -0.39 is 0 Å². The van der Waals surface area contributed by atoms with Gasteiger partial charge in [-0.1, -0.05) is 0 Å². The van der Waals surface area contributed by atoms with Crippen LogP contribution >= 0.6 is 12.2 Å². The molecule has 0 bridgehead atoms. The van der Waals surface area contributed by atoms with Crippen molar-refractivity contribution in [3.05, 3.63) is 23.8 Å². The van der Waals surface area contributed by atoms with Gasteiger partial charge in [0, 0.05) is 19.6 Å². The van der Waals surface area contributed by atoms with Crippen molar-refractivity contribution in [3.8, 4) is 11.5 Å². The zero-order valence-electron chi connectivity index (χ0n) is 15.9. The summed E-state index contributed by atoms with van der Waals surface area (Å²) in [5, 5.41) is 7.48. The van der Waals surface area contributed by atoms with Crippen LogP contribution in [0.5, 0.6) is 11.5 Å². The summed E-state index contributed by atoms with van der Waals surface area (Å²) in [7, 11) is 0. The molecule has 0 radical (unpaired) electrons. The summed E-state index contributed by atoms with van der Waals surface area (Å²) in [4.78, 5) is 13.8. The lowest BCUT2D eigenvalue weighted by molar-refractivity contribution is -0.132. The van der Waals surface area contributed by atoms with E-state index in [0.717, 1.165) is 12.1 Å². The summed E-state index contributed by atoms with van der Waals surface area (Å²) >= 11 is 5.04. The van der Waals surface area contributed by atoms with Crippen LogP contribution in [0.2, 0.25) is 0 Å². The van der Waals surface area contributed by atoms with Gasteiger partial charge in [0.25, 0.3) is 5.91 Å². The Labute approximate surface area is 160 Å². The van der Waals surface area contributed by atoms with Crippen molar-refractivity contribution < 1.29 is 14.3 Å². The second-order valence-electron chi connectivity index (χ2n) is 5.22. The van der Waals surface area contributed by atoms with Gasteiger partial charge in [-0.25, -0.2) is 0 Å². The number of nitrogens with zero attached hydrogens (tertiary/aromatic N) is 2. The third-order valence-corrected chi connectivity index (χ3v) is 3.69. The molecule has 0 spiro atoms. The molecule has 1 amide bonds. The molecule has 0 aliphatic rings. The highest BCUT2D eigenvalue weighted by Gasteiger charge is 2.12. The number of thiocarbonyl (C=S) groups is 1. The van der Waals surface area contributed by atoms with Crippen molar-refractivity contribution in [1.82, 2.24) is 15.6 Å². The van der Waals surface area contributed by atoms with Crippen LogP contribution in [0.1, 0.15) is 33.3 Å². The Morgan fingerprint density at radius 2 is 1.92 bits per heavy atom. The van der Waals surface area contributed by atoms with Crippen LogP contribution < -0.4 is 20.2 Å². The number of amides is 1. The van der Waals surface area contributed by atoms with Crippen molar-refractivity contribution in [2.75, 3.05) is 32.8 Å². The second kappa shape index (κ2) is 12.1. The Bertz CT molecular complexity index is 618. The average Bonchev–Trinajstić information content (AvgIpc) is 2.62. The number of carbonyl (C=O) groups excluding carboxylic acids is 1. The maximum Gasteiger partial charge on any atom is 0.260 e. The zero-order valence-corrected chi connectivity index (χ0v) is 16.7. The molecule has 0 aromatic heterocycles. The summed E-state index contributed by atoms with van der Waals surface area (Å²) in [6, 6.07) is 5.41. The molecule has 0 unspecified atom stereocenters. The first-order valence-electron chi connectivity index (χ1n) is 8.79. The monoisotopic (exact) mass is 380 g/mol. The molecule has 0 aliphatic heterocycles. The fourth-order valence-electron chi connectivity index (χ4n) is 2.17. The highest BCUT2D eigenvalue weighted by Crippen LogP contribution is 2.28. The number of nitrogens with one attached hydrogen (secondary N) is 2. The lowest BCUT2D eigenvalue weighted by Gasteiger charge is -2.19. The molecule has 26 heavy (non-hydrogen) atoms. The van der Waals surface area contributed by atoms with E-state index in [2.05, 4.69) is 15.8 Å². The summed E-state index contributed by atoms with van der Waals surface area (Å²) in [6.45, 7) is 10.2. The minimum atomic E-state index is -0.0516. The van der Waals surface area contributed by atoms with E-state index in [-0.39, 0.29) is 12.5 Å². The third kappa shape index (κ3) is 7.26. The Hall–Kier alpha value is -2.35. The number of hydrogen-bond donors (Lipinski definition) is 2. The lowest BCUT2D eigenvalue weighted by atomic mass is 10.2. The second-order valence-corrected chi connectivity index (χ2v) is 5.63. The minimum absolute atomic E-state index is 0.0201. The molecule has 2 N–H and O–H groups in total. The van der Waals surface area contributed by atoms with Crippen LogP contribution in [0.4, 0.5) is 0 Å². The van der Waals surface area contributed by atoms with Gasteiger partial charge in [-0.05, 0) is 63.7 Å². The molecule has 1 rings (SSSR count). The van der Waals surface area contributed by atoms with Crippen LogP contribution in [-0.2, 0) is 4.79 Å². The topological polar surface area (TPSA) is 75.2 Å². The molecule has 1 aromatic rings. The lowest BCUT2D eigenvalue weighted by Crippen LogP contribution is -2.34. The quantitative estimate of drug-likeness (QED) is 0.368. The maximum atomic E-state index is 12.1. The van der Waals surface area contributed by atoms with E-state index in [9.17, 15) is 4.79 Å². The van der Waals surface area contributed by atoms with Crippen LogP contribution in [0.3, 0.4) is 0 Å². The number of carbonyl (C=O) groups is 1. The van der Waals surface area contributed by atoms with Gasteiger partial charge in [-0.2, -0.15) is 5.10 Å². The first-order chi connectivity index (χ1) is 12.5. The van der Waals surface area contributed by atoms with E-state index in [1.165, 1.54) is 0 Å². The average molecular weight is 381 g/mol. The van der Waals surface area contributed by atoms with Gasteiger partial charge in [-0.3, -0.25) is 10.2 Å². The van der Waals surface area contributed by atoms with Crippen LogP contribution in [0, 0.1) is 0 Å². The van der Waals surface area contributed by atoms with Crippen LogP contribution in [0.25, 0.3) is 0 Å². The smallest absolute Gasteiger partial charge is 0.260 e. The molecular formula is C18H28N4O3S. The van der Waals surface area contributed by atoms with Crippen molar-refractivity contribution in [2.45, 2.75) is 27.7 Å². The molecule has 0 fully saturated rings. The summed E-state index contributed by atoms with van der Waals surface area (Å²) in [6.07, 6.45) is 1.64. The fourth-order valence-corrected chi connectivity index (χ4v) is 2.36. The predicted octanol–water partition coefficient (Wildman–Crippen LogP) is 2.15. The Balaban J connectivity index is 2.77. The molecule has 0 saturated carbocycles. The number of hydrazone groups is 1. The summed E-state index contributed by atoms with van der Waals surface area (Å²) < 4.78 is 11.3. The van der Waals surface area contributed by atoms with Crippen molar-refractivity contribution in [1.29, 1.82) is 0 Å². The SMILES string of the molecule is CCNC(=S)N/N=C/c1ccc(OCC(=O)N(CC)CC)c(OCC)c1. The van der Waals surface area contributed by atoms with Gasteiger partial charge in [-0.15, -0.1) is 0 Å². The molecule has 1 aromatic carbocycles. The normalized spacial score (nSPS) is 10.5. The standard InChI is InChI=1S/C18H28N4O3S/c1-5-19-18(26)21-20-12-14-9-10-15(16(11-14)24-8-4)25-13-17(23)22(6-2)7-3/h9-12H,5-8,13H2,1-4H3,(H2,19,21,26)/b20-12+. The Morgan fingerprint density at radius 1 is 1.19 bits per heavy atom. The number of ether oxygens (including phenoxy) is 2. The molecular weight excluding hydrogens is 352 g/mol. The Kier molecular flexibility index (Phi) is 10.1. The molecule has 0 heterocycles. The molecule has 0 aliphatic carbocycles. The summed E-state index contributed by atoms with van der Waals surface area (Å²) in [5.74, 6) is 1.04. The number of benzene rings is 1. The summed E-state index contributed by atoms with van der Waals surface area (Å²) in [5.41, 5.74) is 3.55. The van der Waals surface area contributed by atoms with E-state index >= 15 is 0 Å². The zero-order chi connectivity index (χ0) is 19.4.